The molecule has 1 aromatic rings. The van der Waals surface area contributed by atoms with Gasteiger partial charge >= 0.3 is 5.97 Å². The van der Waals surface area contributed by atoms with Crippen LogP contribution in [0.2, 0.25) is 0 Å². The van der Waals surface area contributed by atoms with Crippen LogP contribution in [-0.4, -0.2) is 31.5 Å². The van der Waals surface area contributed by atoms with Crippen LogP contribution in [0.3, 0.4) is 0 Å². The molecule has 2 amide bonds. The predicted molar refractivity (Wildman–Crippen MR) is 73.7 cm³/mol. The van der Waals surface area contributed by atoms with E-state index in [1.165, 1.54) is 7.11 Å². The summed E-state index contributed by atoms with van der Waals surface area (Å²) in [6, 6.07) is 6.54. The van der Waals surface area contributed by atoms with Crippen molar-refractivity contribution in [1.82, 2.24) is 5.32 Å². The van der Waals surface area contributed by atoms with E-state index in [0.717, 1.165) is 6.42 Å². The molecule has 112 valence electrons. The van der Waals surface area contributed by atoms with Gasteiger partial charge in [0, 0.05) is 0 Å². The van der Waals surface area contributed by atoms with Crippen LogP contribution in [0.15, 0.2) is 24.3 Å². The molecule has 0 heterocycles. The van der Waals surface area contributed by atoms with Crippen molar-refractivity contribution >= 4 is 17.8 Å². The zero-order valence-corrected chi connectivity index (χ0v) is 11.9. The maximum atomic E-state index is 11.9. The van der Waals surface area contributed by atoms with Gasteiger partial charge < -0.3 is 9.47 Å². The number of nitrogens with one attached hydrogen (secondary N) is 1. The number of methoxy groups -OCH3 is 1. The average Bonchev–Trinajstić information content (AvgIpc) is 3.21. The topological polar surface area (TPSA) is 81.7 Å². The molecule has 0 aliphatic heterocycles. The van der Waals surface area contributed by atoms with Crippen LogP contribution in [0.1, 0.15) is 23.7 Å². The Labute approximate surface area is 122 Å². The smallest absolute Gasteiger partial charge is 0.309 e. The zero-order chi connectivity index (χ0) is 15.4. The Hall–Kier alpha value is -2.37. The first kappa shape index (κ1) is 15.0. The fourth-order valence-corrected chi connectivity index (χ4v) is 1.96. The molecule has 1 aliphatic carbocycles. The summed E-state index contributed by atoms with van der Waals surface area (Å²) in [6.07, 6.45) is 0.792. The van der Waals surface area contributed by atoms with Crippen molar-refractivity contribution in [2.75, 3.05) is 13.7 Å². The molecule has 1 aromatic carbocycles. The summed E-state index contributed by atoms with van der Waals surface area (Å²) in [6.45, 7) is 1.49. The number of carbonyl (C=O) groups excluding carboxylic acids is 3. The van der Waals surface area contributed by atoms with E-state index >= 15 is 0 Å². The summed E-state index contributed by atoms with van der Waals surface area (Å²) in [5.74, 6) is -1.06. The predicted octanol–water partition coefficient (Wildman–Crippen LogP) is 1.15. The summed E-state index contributed by atoms with van der Waals surface area (Å²) in [5, 5.41) is 2.16. The van der Waals surface area contributed by atoms with Gasteiger partial charge in [-0.1, -0.05) is 19.1 Å². The monoisotopic (exact) mass is 291 g/mol. The van der Waals surface area contributed by atoms with E-state index in [9.17, 15) is 14.4 Å². The molecule has 2 rings (SSSR count). The van der Waals surface area contributed by atoms with Crippen molar-refractivity contribution in [3.8, 4) is 5.75 Å². The number of imide groups is 1. The van der Waals surface area contributed by atoms with E-state index in [1.54, 1.807) is 24.3 Å². The minimum atomic E-state index is -0.660. The maximum Gasteiger partial charge on any atom is 0.309 e. The lowest BCUT2D eigenvalue weighted by Gasteiger charge is -2.08. The van der Waals surface area contributed by atoms with Crippen molar-refractivity contribution in [2.24, 2.45) is 11.8 Å². The van der Waals surface area contributed by atoms with E-state index in [2.05, 4.69) is 5.32 Å². The minimum Gasteiger partial charge on any atom is -0.496 e. The molecular weight excluding hydrogens is 274 g/mol. The molecule has 1 saturated carbocycles. The minimum absolute atomic E-state index is 0.109. The molecule has 0 aromatic heterocycles. The number of esters is 1. The SMILES string of the molecule is COc1ccccc1C(=O)NC(=O)COC(=O)[C@@H]1C[C@@H]1C. The summed E-state index contributed by atoms with van der Waals surface area (Å²) in [7, 11) is 1.44. The summed E-state index contributed by atoms with van der Waals surface area (Å²) >= 11 is 0. The normalized spacial score (nSPS) is 19.5. The third kappa shape index (κ3) is 3.81. The molecule has 0 saturated heterocycles. The van der Waals surface area contributed by atoms with Crippen LogP contribution in [0.25, 0.3) is 0 Å². The Morgan fingerprint density at radius 2 is 1.95 bits per heavy atom. The van der Waals surface area contributed by atoms with Gasteiger partial charge in [0.15, 0.2) is 6.61 Å². The highest BCUT2D eigenvalue weighted by molar-refractivity contribution is 6.06. The number of carbonyl (C=O) groups is 3. The Balaban J connectivity index is 1.84. The fourth-order valence-electron chi connectivity index (χ4n) is 1.96. The Kier molecular flexibility index (Phi) is 4.57. The Bertz CT molecular complexity index is 569. The second-order valence-electron chi connectivity index (χ2n) is 5.00. The van der Waals surface area contributed by atoms with Crippen molar-refractivity contribution in [1.29, 1.82) is 0 Å². The first-order valence-corrected chi connectivity index (χ1v) is 6.66. The van der Waals surface area contributed by atoms with Gasteiger partial charge in [-0.15, -0.1) is 0 Å². The van der Waals surface area contributed by atoms with Crippen molar-refractivity contribution < 1.29 is 23.9 Å². The summed E-state index contributed by atoms with van der Waals surface area (Å²) in [5.41, 5.74) is 0.246. The second-order valence-corrected chi connectivity index (χ2v) is 5.00. The van der Waals surface area contributed by atoms with Crippen LogP contribution in [0.4, 0.5) is 0 Å². The number of benzene rings is 1. The van der Waals surface area contributed by atoms with Crippen molar-refractivity contribution in [3.63, 3.8) is 0 Å². The highest BCUT2D eigenvalue weighted by Gasteiger charge is 2.40. The lowest BCUT2D eigenvalue weighted by Crippen LogP contribution is -2.34. The number of hydrogen-bond acceptors (Lipinski definition) is 5. The second kappa shape index (κ2) is 6.39. The third-order valence-electron chi connectivity index (χ3n) is 3.36. The number of amides is 2. The lowest BCUT2D eigenvalue weighted by molar-refractivity contribution is -0.149. The van der Waals surface area contributed by atoms with Gasteiger partial charge in [0.2, 0.25) is 0 Å². The first-order chi connectivity index (χ1) is 10.0. The van der Waals surface area contributed by atoms with Gasteiger partial charge in [-0.05, 0) is 24.5 Å². The molecule has 0 unspecified atom stereocenters. The van der Waals surface area contributed by atoms with E-state index < -0.39 is 18.4 Å². The number of para-hydroxylation sites is 1. The third-order valence-corrected chi connectivity index (χ3v) is 3.36. The van der Waals surface area contributed by atoms with Gasteiger partial charge in [-0.25, -0.2) is 0 Å². The summed E-state index contributed by atoms with van der Waals surface area (Å²) < 4.78 is 9.90. The van der Waals surface area contributed by atoms with Crippen LogP contribution in [-0.2, 0) is 14.3 Å². The lowest BCUT2D eigenvalue weighted by atomic mass is 10.2. The molecule has 0 bridgehead atoms. The van der Waals surface area contributed by atoms with Crippen LogP contribution in [0.5, 0.6) is 5.75 Å². The Morgan fingerprint density at radius 1 is 1.29 bits per heavy atom. The van der Waals surface area contributed by atoms with E-state index in [-0.39, 0.29) is 17.5 Å². The molecule has 6 nitrogen and oxygen atoms in total. The molecule has 21 heavy (non-hydrogen) atoms. The van der Waals surface area contributed by atoms with Crippen molar-refractivity contribution in [3.05, 3.63) is 29.8 Å². The molecule has 1 fully saturated rings. The van der Waals surface area contributed by atoms with E-state index in [0.29, 0.717) is 11.7 Å². The zero-order valence-electron chi connectivity index (χ0n) is 11.9. The molecule has 0 spiro atoms. The standard InChI is InChI=1S/C15H17NO5/c1-9-7-11(9)15(19)21-8-13(17)16-14(18)10-5-3-4-6-12(10)20-2/h3-6,9,11H,7-8H2,1-2H3,(H,16,17,18)/t9-,11+/m0/s1. The average molecular weight is 291 g/mol. The van der Waals surface area contributed by atoms with Gasteiger partial charge in [0.05, 0.1) is 18.6 Å². The molecule has 1 aliphatic rings. The fraction of sp³-hybridized carbons (Fsp3) is 0.400. The van der Waals surface area contributed by atoms with Gasteiger partial charge in [-0.2, -0.15) is 0 Å². The molecular formula is C15H17NO5. The van der Waals surface area contributed by atoms with Crippen molar-refractivity contribution in [2.45, 2.75) is 13.3 Å². The quantitative estimate of drug-likeness (QED) is 0.823. The highest BCUT2D eigenvalue weighted by atomic mass is 16.5. The maximum absolute atomic E-state index is 11.9. The molecule has 1 N–H and O–H groups in total. The highest BCUT2D eigenvalue weighted by Crippen LogP contribution is 2.38. The number of rotatable bonds is 5. The van der Waals surface area contributed by atoms with Crippen LogP contribution < -0.4 is 10.1 Å². The van der Waals surface area contributed by atoms with Gasteiger partial charge in [0.1, 0.15) is 5.75 Å². The van der Waals surface area contributed by atoms with Gasteiger partial charge in [0.25, 0.3) is 11.8 Å². The van der Waals surface area contributed by atoms with E-state index in [4.69, 9.17) is 9.47 Å². The first-order valence-electron chi connectivity index (χ1n) is 6.66. The molecule has 2 atom stereocenters. The Morgan fingerprint density at radius 3 is 2.57 bits per heavy atom. The summed E-state index contributed by atoms with van der Waals surface area (Å²) in [4.78, 5) is 35.0. The number of hydrogen-bond donors (Lipinski definition) is 1. The van der Waals surface area contributed by atoms with Crippen LogP contribution >= 0.6 is 0 Å². The van der Waals surface area contributed by atoms with Crippen LogP contribution in [0, 0.1) is 11.8 Å². The van der Waals surface area contributed by atoms with E-state index in [1.807, 2.05) is 6.92 Å². The largest absolute Gasteiger partial charge is 0.496 e. The molecule has 0 radical (unpaired) electrons. The molecule has 6 heteroatoms. The van der Waals surface area contributed by atoms with Gasteiger partial charge in [-0.3, -0.25) is 19.7 Å². The number of ether oxygens (including phenoxy) is 2.